The van der Waals surface area contributed by atoms with Gasteiger partial charge in [-0.05, 0) is 38.7 Å². The molecule has 1 aromatic carbocycles. The van der Waals surface area contributed by atoms with Gasteiger partial charge in [0.25, 0.3) is 0 Å². The summed E-state index contributed by atoms with van der Waals surface area (Å²) in [5.41, 5.74) is 2.13. The zero-order valence-corrected chi connectivity index (χ0v) is 18.0. The highest BCUT2D eigenvalue weighted by Crippen LogP contribution is 2.37. The van der Waals surface area contributed by atoms with Gasteiger partial charge in [0.15, 0.2) is 0 Å². The van der Waals surface area contributed by atoms with E-state index in [0.29, 0.717) is 36.2 Å². The van der Waals surface area contributed by atoms with Crippen molar-refractivity contribution >= 4 is 23.5 Å². The summed E-state index contributed by atoms with van der Waals surface area (Å²) in [7, 11) is 0. The molecule has 1 fully saturated rings. The lowest BCUT2D eigenvalue weighted by molar-refractivity contribution is -0.143. The molecule has 3 unspecified atom stereocenters. The Morgan fingerprint density at radius 2 is 1.93 bits per heavy atom. The van der Waals surface area contributed by atoms with Crippen LogP contribution >= 0.6 is 11.8 Å². The minimum atomic E-state index is -0.482. The van der Waals surface area contributed by atoms with E-state index in [1.807, 2.05) is 38.1 Å². The third-order valence-electron chi connectivity index (χ3n) is 5.42. The molecule has 0 saturated heterocycles. The highest BCUT2D eigenvalue weighted by Gasteiger charge is 2.34. The Hall–Kier alpha value is -1.33. The van der Waals surface area contributed by atoms with Crippen LogP contribution in [0.4, 0.5) is 0 Å². The van der Waals surface area contributed by atoms with Gasteiger partial charge in [0.2, 0.25) is 0 Å². The Balaban J connectivity index is 1.67. The molecule has 156 valence electrons. The Morgan fingerprint density at radius 3 is 2.64 bits per heavy atom. The van der Waals surface area contributed by atoms with Crippen molar-refractivity contribution in [3.05, 3.63) is 35.4 Å². The van der Waals surface area contributed by atoms with E-state index in [4.69, 9.17) is 4.74 Å². The summed E-state index contributed by atoms with van der Waals surface area (Å²) in [4.78, 5) is 23.6. The number of esters is 1. The second kappa shape index (κ2) is 12.3. The van der Waals surface area contributed by atoms with Gasteiger partial charge < -0.3 is 9.84 Å². The van der Waals surface area contributed by atoms with Crippen LogP contribution in [0.2, 0.25) is 0 Å². The van der Waals surface area contributed by atoms with Crippen molar-refractivity contribution in [2.24, 2.45) is 5.92 Å². The molecule has 0 aromatic heterocycles. The molecule has 1 aromatic rings. The molecule has 0 amide bonds. The Morgan fingerprint density at radius 1 is 1.21 bits per heavy atom. The van der Waals surface area contributed by atoms with E-state index in [1.54, 1.807) is 11.8 Å². The highest BCUT2D eigenvalue weighted by atomic mass is 32.2. The SMILES string of the molecule is CCOC(=O)CCCCCCC1C(=O)CCC1SCC(O)c1ccc(C)cc1. The van der Waals surface area contributed by atoms with Gasteiger partial charge in [-0.15, -0.1) is 0 Å². The number of Topliss-reactive ketones (excluding diaryl/α,β-unsaturated/α-hetero) is 1. The second-order valence-electron chi connectivity index (χ2n) is 7.67. The van der Waals surface area contributed by atoms with E-state index in [2.05, 4.69) is 0 Å². The fraction of sp³-hybridized carbons (Fsp3) is 0.652. The van der Waals surface area contributed by atoms with Crippen LogP contribution in [0.5, 0.6) is 0 Å². The summed E-state index contributed by atoms with van der Waals surface area (Å²) in [5, 5.41) is 10.8. The maximum absolute atomic E-state index is 12.3. The molecule has 0 heterocycles. The molecule has 0 radical (unpaired) electrons. The molecule has 1 aliphatic carbocycles. The molecule has 1 N–H and O–H groups in total. The first-order valence-corrected chi connectivity index (χ1v) is 11.6. The molecule has 0 bridgehead atoms. The predicted molar refractivity (Wildman–Crippen MR) is 114 cm³/mol. The predicted octanol–water partition coefficient (Wildman–Crippen LogP) is 5.01. The first kappa shape index (κ1) is 23.0. The van der Waals surface area contributed by atoms with Gasteiger partial charge in [-0.25, -0.2) is 0 Å². The van der Waals surface area contributed by atoms with E-state index in [0.717, 1.165) is 44.1 Å². The van der Waals surface area contributed by atoms with E-state index in [9.17, 15) is 14.7 Å². The molecule has 0 spiro atoms. The number of ketones is 1. The van der Waals surface area contributed by atoms with E-state index in [-0.39, 0.29) is 11.9 Å². The largest absolute Gasteiger partial charge is 0.466 e. The van der Waals surface area contributed by atoms with Crippen LogP contribution in [0, 0.1) is 12.8 Å². The quantitative estimate of drug-likeness (QED) is 0.390. The number of aliphatic hydroxyl groups is 1. The number of hydrogen-bond donors (Lipinski definition) is 1. The Bertz CT molecular complexity index is 614. The van der Waals surface area contributed by atoms with E-state index < -0.39 is 6.10 Å². The van der Waals surface area contributed by atoms with Crippen molar-refractivity contribution in [3.8, 4) is 0 Å². The highest BCUT2D eigenvalue weighted by molar-refractivity contribution is 8.00. The summed E-state index contributed by atoms with van der Waals surface area (Å²) < 4.78 is 4.93. The lowest BCUT2D eigenvalue weighted by Crippen LogP contribution is -2.18. The molecule has 3 atom stereocenters. The van der Waals surface area contributed by atoms with Crippen LogP contribution in [-0.4, -0.2) is 34.5 Å². The fourth-order valence-electron chi connectivity index (χ4n) is 3.74. The van der Waals surface area contributed by atoms with Crippen LogP contribution < -0.4 is 0 Å². The van der Waals surface area contributed by atoms with Gasteiger partial charge in [-0.1, -0.05) is 49.1 Å². The molecule has 1 saturated carbocycles. The zero-order valence-electron chi connectivity index (χ0n) is 17.2. The van der Waals surface area contributed by atoms with Crippen LogP contribution in [0.1, 0.15) is 75.5 Å². The topological polar surface area (TPSA) is 63.6 Å². The maximum atomic E-state index is 12.3. The van der Waals surface area contributed by atoms with Crippen LogP contribution in [-0.2, 0) is 14.3 Å². The normalized spacial score (nSPS) is 20.3. The van der Waals surface area contributed by atoms with E-state index >= 15 is 0 Å². The number of carbonyl (C=O) groups is 2. The van der Waals surface area contributed by atoms with Crippen molar-refractivity contribution in [3.63, 3.8) is 0 Å². The number of thioether (sulfide) groups is 1. The molecule has 1 aliphatic rings. The third-order valence-corrected chi connectivity index (χ3v) is 6.92. The number of ether oxygens (including phenoxy) is 1. The van der Waals surface area contributed by atoms with Gasteiger partial charge in [-0.3, -0.25) is 9.59 Å². The lowest BCUT2D eigenvalue weighted by Gasteiger charge is -2.20. The maximum Gasteiger partial charge on any atom is 0.305 e. The van der Waals surface area contributed by atoms with Crippen LogP contribution in [0.15, 0.2) is 24.3 Å². The summed E-state index contributed by atoms with van der Waals surface area (Å²) >= 11 is 1.75. The average Bonchev–Trinajstić information content (AvgIpc) is 3.03. The summed E-state index contributed by atoms with van der Waals surface area (Å²) in [6, 6.07) is 8.00. The van der Waals surface area contributed by atoms with E-state index in [1.165, 1.54) is 5.56 Å². The van der Waals surface area contributed by atoms with Gasteiger partial charge in [0.05, 0.1) is 12.7 Å². The average molecular weight is 407 g/mol. The summed E-state index contributed by atoms with van der Waals surface area (Å²) in [5.74, 6) is 1.03. The smallest absolute Gasteiger partial charge is 0.305 e. The number of aliphatic hydroxyl groups excluding tert-OH is 1. The minimum Gasteiger partial charge on any atom is -0.466 e. The Labute approximate surface area is 173 Å². The van der Waals surface area contributed by atoms with Gasteiger partial charge in [0, 0.05) is 29.8 Å². The number of benzene rings is 1. The first-order valence-electron chi connectivity index (χ1n) is 10.6. The van der Waals surface area contributed by atoms with Gasteiger partial charge >= 0.3 is 5.97 Å². The van der Waals surface area contributed by atoms with Gasteiger partial charge in [-0.2, -0.15) is 11.8 Å². The van der Waals surface area contributed by atoms with Crippen molar-refractivity contribution in [2.45, 2.75) is 76.6 Å². The number of carbonyl (C=O) groups excluding carboxylic acids is 2. The zero-order chi connectivity index (χ0) is 20.4. The van der Waals surface area contributed by atoms with Crippen molar-refractivity contribution in [2.75, 3.05) is 12.4 Å². The molecular formula is C23H34O4S. The number of aryl methyl sites for hydroxylation is 1. The standard InChI is InChI=1S/C23H34O4S/c1-3-27-23(26)9-7-5-4-6-8-19-20(24)14-15-22(19)28-16-21(25)18-12-10-17(2)11-13-18/h10-13,19,21-22,25H,3-9,14-16H2,1-2H3. The van der Waals surface area contributed by atoms with Crippen molar-refractivity contribution in [1.82, 2.24) is 0 Å². The summed E-state index contributed by atoms with van der Waals surface area (Å²) in [6.07, 6.45) is 6.47. The van der Waals surface area contributed by atoms with Gasteiger partial charge in [0.1, 0.15) is 5.78 Å². The monoisotopic (exact) mass is 406 g/mol. The van der Waals surface area contributed by atoms with Crippen molar-refractivity contribution in [1.29, 1.82) is 0 Å². The number of hydrogen-bond acceptors (Lipinski definition) is 5. The molecular weight excluding hydrogens is 372 g/mol. The molecule has 5 heteroatoms. The Kier molecular flexibility index (Phi) is 10.1. The minimum absolute atomic E-state index is 0.114. The molecule has 0 aliphatic heterocycles. The number of unbranched alkanes of at least 4 members (excludes halogenated alkanes) is 3. The molecule has 28 heavy (non-hydrogen) atoms. The summed E-state index contributed by atoms with van der Waals surface area (Å²) in [6.45, 7) is 4.31. The van der Waals surface area contributed by atoms with Crippen LogP contribution in [0.3, 0.4) is 0 Å². The first-order chi connectivity index (χ1) is 13.5. The number of rotatable bonds is 12. The third kappa shape index (κ3) is 7.59. The molecule has 2 rings (SSSR count). The lowest BCUT2D eigenvalue weighted by atomic mass is 9.98. The van der Waals surface area contributed by atoms with Crippen molar-refractivity contribution < 1.29 is 19.4 Å². The molecule has 4 nitrogen and oxygen atoms in total. The second-order valence-corrected chi connectivity index (χ2v) is 8.94. The fourth-order valence-corrected chi connectivity index (χ4v) is 5.17. The van der Waals surface area contributed by atoms with Crippen LogP contribution in [0.25, 0.3) is 0 Å².